The molecule has 0 fully saturated rings. The summed E-state index contributed by atoms with van der Waals surface area (Å²) in [6.07, 6.45) is 5.27. The van der Waals surface area contributed by atoms with Gasteiger partial charge in [-0.25, -0.2) is 0 Å². The Morgan fingerprint density at radius 2 is 1.78 bits per heavy atom. The molecule has 0 aromatic heterocycles. The topological polar surface area (TPSA) is 15.3 Å². The van der Waals surface area contributed by atoms with Crippen LogP contribution < -0.4 is 10.2 Å². The average Bonchev–Trinajstić information content (AvgIpc) is 2.38. The van der Waals surface area contributed by atoms with Crippen LogP contribution in [0.1, 0.15) is 38.2 Å². The molecule has 0 aliphatic heterocycles. The molecule has 0 unspecified atom stereocenters. The summed E-state index contributed by atoms with van der Waals surface area (Å²) < 4.78 is 0. The van der Waals surface area contributed by atoms with Gasteiger partial charge < -0.3 is 10.2 Å². The van der Waals surface area contributed by atoms with Crippen LogP contribution in [0.25, 0.3) is 0 Å². The first kappa shape index (κ1) is 15.0. The lowest BCUT2D eigenvalue weighted by molar-refractivity contribution is 0.597. The van der Waals surface area contributed by atoms with Crippen molar-refractivity contribution in [3.63, 3.8) is 0 Å². The van der Waals surface area contributed by atoms with Crippen molar-refractivity contribution in [2.45, 2.75) is 39.5 Å². The van der Waals surface area contributed by atoms with Crippen molar-refractivity contribution in [1.82, 2.24) is 5.32 Å². The van der Waals surface area contributed by atoms with Crippen LogP contribution in [0.5, 0.6) is 0 Å². The van der Waals surface area contributed by atoms with E-state index in [2.05, 4.69) is 55.4 Å². The van der Waals surface area contributed by atoms with Gasteiger partial charge in [-0.2, -0.15) is 0 Å². The third-order valence-corrected chi connectivity index (χ3v) is 3.37. The maximum atomic E-state index is 3.37. The molecule has 1 aromatic carbocycles. The first-order valence-corrected chi connectivity index (χ1v) is 7.23. The Morgan fingerprint density at radius 3 is 2.50 bits per heavy atom. The maximum absolute atomic E-state index is 3.37. The molecule has 102 valence electrons. The van der Waals surface area contributed by atoms with E-state index in [1.807, 2.05) is 0 Å². The summed E-state index contributed by atoms with van der Waals surface area (Å²) in [4.78, 5) is 2.37. The van der Waals surface area contributed by atoms with Crippen LogP contribution in [0.2, 0.25) is 0 Å². The molecule has 0 atom stereocenters. The van der Waals surface area contributed by atoms with Crippen molar-refractivity contribution in [2.24, 2.45) is 0 Å². The average molecular weight is 248 g/mol. The van der Waals surface area contributed by atoms with Gasteiger partial charge in [-0.3, -0.25) is 0 Å². The van der Waals surface area contributed by atoms with Crippen LogP contribution >= 0.6 is 0 Å². The van der Waals surface area contributed by atoms with Gasteiger partial charge in [-0.05, 0) is 44.5 Å². The molecule has 0 amide bonds. The SMILES string of the molecule is CCNCCCCCCN(C)c1ccccc1C. The fourth-order valence-corrected chi connectivity index (χ4v) is 2.24. The summed E-state index contributed by atoms with van der Waals surface area (Å²) in [5.74, 6) is 0. The number of unbranched alkanes of at least 4 members (excludes halogenated alkanes) is 3. The monoisotopic (exact) mass is 248 g/mol. The summed E-state index contributed by atoms with van der Waals surface area (Å²) in [5.41, 5.74) is 2.73. The largest absolute Gasteiger partial charge is 0.374 e. The molecule has 1 rings (SSSR count). The first-order chi connectivity index (χ1) is 8.75. The van der Waals surface area contributed by atoms with E-state index in [9.17, 15) is 0 Å². The van der Waals surface area contributed by atoms with Crippen molar-refractivity contribution < 1.29 is 0 Å². The number of benzene rings is 1. The molecule has 0 spiro atoms. The minimum atomic E-state index is 1.09. The Kier molecular flexibility index (Phi) is 7.51. The molecule has 0 aliphatic carbocycles. The quantitative estimate of drug-likeness (QED) is 0.672. The van der Waals surface area contributed by atoms with E-state index in [0.717, 1.165) is 13.1 Å². The third-order valence-electron chi connectivity index (χ3n) is 3.37. The van der Waals surface area contributed by atoms with Gasteiger partial charge in [0, 0.05) is 19.3 Å². The molecule has 0 heterocycles. The second-order valence-corrected chi connectivity index (χ2v) is 4.98. The molecule has 1 N–H and O–H groups in total. The minimum absolute atomic E-state index is 1.09. The highest BCUT2D eigenvalue weighted by atomic mass is 15.1. The van der Waals surface area contributed by atoms with Crippen molar-refractivity contribution in [3.8, 4) is 0 Å². The highest BCUT2D eigenvalue weighted by molar-refractivity contribution is 5.52. The lowest BCUT2D eigenvalue weighted by Crippen LogP contribution is -2.19. The van der Waals surface area contributed by atoms with E-state index >= 15 is 0 Å². The fraction of sp³-hybridized carbons (Fsp3) is 0.625. The van der Waals surface area contributed by atoms with Crippen LogP contribution in [0.4, 0.5) is 5.69 Å². The van der Waals surface area contributed by atoms with Crippen molar-refractivity contribution in [3.05, 3.63) is 29.8 Å². The molecule has 0 bridgehead atoms. The van der Waals surface area contributed by atoms with E-state index in [-0.39, 0.29) is 0 Å². The van der Waals surface area contributed by atoms with Gasteiger partial charge in [-0.1, -0.05) is 38.0 Å². The second-order valence-electron chi connectivity index (χ2n) is 4.98. The Balaban J connectivity index is 2.14. The summed E-state index contributed by atoms with van der Waals surface area (Å²) in [7, 11) is 2.20. The number of para-hydroxylation sites is 1. The lowest BCUT2D eigenvalue weighted by atomic mass is 10.1. The number of nitrogens with zero attached hydrogens (tertiary/aromatic N) is 1. The van der Waals surface area contributed by atoms with Crippen molar-refractivity contribution in [2.75, 3.05) is 31.6 Å². The van der Waals surface area contributed by atoms with Crippen molar-refractivity contribution >= 4 is 5.69 Å². The maximum Gasteiger partial charge on any atom is 0.0393 e. The normalized spacial score (nSPS) is 10.6. The van der Waals surface area contributed by atoms with Gasteiger partial charge in [0.15, 0.2) is 0 Å². The van der Waals surface area contributed by atoms with Gasteiger partial charge in [0.25, 0.3) is 0 Å². The number of nitrogens with one attached hydrogen (secondary N) is 1. The standard InChI is InChI=1S/C16H28N2/c1-4-17-13-9-5-6-10-14-18(3)16-12-8-7-11-15(16)2/h7-8,11-12,17H,4-6,9-10,13-14H2,1-3H3. The zero-order valence-corrected chi connectivity index (χ0v) is 12.2. The van der Waals surface area contributed by atoms with Gasteiger partial charge in [0.05, 0.1) is 0 Å². The number of aryl methyl sites for hydroxylation is 1. The Hall–Kier alpha value is -1.02. The van der Waals surface area contributed by atoms with Gasteiger partial charge in [0.2, 0.25) is 0 Å². The molecule has 18 heavy (non-hydrogen) atoms. The summed E-state index contributed by atoms with van der Waals surface area (Å²) in [5, 5.41) is 3.37. The highest BCUT2D eigenvalue weighted by Gasteiger charge is 2.02. The number of hydrogen-bond donors (Lipinski definition) is 1. The summed E-state index contributed by atoms with van der Waals surface area (Å²) >= 11 is 0. The number of hydrogen-bond acceptors (Lipinski definition) is 2. The number of rotatable bonds is 9. The predicted molar refractivity (Wildman–Crippen MR) is 81.5 cm³/mol. The number of anilines is 1. The highest BCUT2D eigenvalue weighted by Crippen LogP contribution is 2.18. The Labute approximate surface area is 112 Å². The van der Waals surface area contributed by atoms with E-state index in [1.54, 1.807) is 0 Å². The minimum Gasteiger partial charge on any atom is -0.374 e. The zero-order valence-electron chi connectivity index (χ0n) is 12.2. The molecular formula is C16H28N2. The van der Waals surface area contributed by atoms with Crippen LogP contribution in [0.15, 0.2) is 24.3 Å². The molecule has 0 saturated carbocycles. The molecule has 2 nitrogen and oxygen atoms in total. The zero-order chi connectivity index (χ0) is 13.2. The smallest absolute Gasteiger partial charge is 0.0393 e. The lowest BCUT2D eigenvalue weighted by Gasteiger charge is -2.21. The van der Waals surface area contributed by atoms with Crippen LogP contribution in [0.3, 0.4) is 0 Å². The molecule has 2 heteroatoms. The fourth-order valence-electron chi connectivity index (χ4n) is 2.24. The van der Waals surface area contributed by atoms with Crippen LogP contribution in [-0.2, 0) is 0 Å². The van der Waals surface area contributed by atoms with Gasteiger partial charge in [-0.15, -0.1) is 0 Å². The Bertz CT molecular complexity index is 323. The van der Waals surface area contributed by atoms with Crippen LogP contribution in [0, 0.1) is 6.92 Å². The third kappa shape index (κ3) is 5.54. The van der Waals surface area contributed by atoms with E-state index < -0.39 is 0 Å². The van der Waals surface area contributed by atoms with E-state index in [0.29, 0.717) is 0 Å². The molecule has 0 aliphatic rings. The molecule has 0 saturated heterocycles. The van der Waals surface area contributed by atoms with Crippen molar-refractivity contribution in [1.29, 1.82) is 0 Å². The summed E-state index contributed by atoms with van der Waals surface area (Å²) in [6, 6.07) is 8.62. The molecule has 1 aromatic rings. The predicted octanol–water partition coefficient (Wildman–Crippen LogP) is 3.60. The first-order valence-electron chi connectivity index (χ1n) is 7.23. The van der Waals surface area contributed by atoms with E-state index in [4.69, 9.17) is 0 Å². The molecular weight excluding hydrogens is 220 g/mol. The Morgan fingerprint density at radius 1 is 1.06 bits per heavy atom. The van der Waals surface area contributed by atoms with Gasteiger partial charge >= 0.3 is 0 Å². The molecule has 0 radical (unpaired) electrons. The van der Waals surface area contributed by atoms with Crippen LogP contribution in [-0.4, -0.2) is 26.7 Å². The second kappa shape index (κ2) is 8.98. The van der Waals surface area contributed by atoms with E-state index in [1.165, 1.54) is 43.5 Å². The van der Waals surface area contributed by atoms with Gasteiger partial charge in [0.1, 0.15) is 0 Å². The summed E-state index contributed by atoms with van der Waals surface area (Å²) in [6.45, 7) is 7.77.